The van der Waals surface area contributed by atoms with Crippen LogP contribution in [0.1, 0.15) is 0 Å². The van der Waals surface area contributed by atoms with Crippen LogP contribution in [-0.4, -0.2) is 7.11 Å². The fourth-order valence-electron chi connectivity index (χ4n) is 0.342. The molecule has 0 spiro atoms. The van der Waals surface area contributed by atoms with E-state index in [1.54, 1.807) is 0 Å². The van der Waals surface area contributed by atoms with E-state index in [9.17, 15) is 7.88 Å². The van der Waals surface area contributed by atoms with E-state index < -0.39 is 22.5 Å². The Balaban J connectivity index is 0.000000202. The minimum atomic E-state index is -6.23. The molecule has 0 heterocycles. The smallest absolute Gasteiger partial charge is 0.0184 e. The van der Waals surface area contributed by atoms with Crippen molar-refractivity contribution in [1.82, 2.24) is 0 Å². The fraction of sp³-hybridized carbons (Fsp3) is 0.143. The molecule has 5 heteroatoms. The van der Waals surface area contributed by atoms with Gasteiger partial charge in [0.1, 0.15) is 0 Å². The number of benzene rings is 1. The molecule has 0 atom stereocenters. The van der Waals surface area contributed by atoms with Gasteiger partial charge in [-0.25, -0.2) is 0 Å². The first-order valence-corrected chi connectivity index (χ1v) is 6.88. The molecular weight excluding hydrogens is 248 g/mol. The van der Waals surface area contributed by atoms with E-state index in [1.165, 1.54) is 0 Å². The maximum Gasteiger partial charge on any atom is -0.0184 e. The van der Waals surface area contributed by atoms with Gasteiger partial charge in [-0.2, -0.15) is 0 Å². The molecule has 0 aromatic heterocycles. The minimum Gasteiger partial charge on any atom is -0.0622 e. The first-order valence-electron chi connectivity index (χ1n) is 3.09. The summed E-state index contributed by atoms with van der Waals surface area (Å²) in [5.74, 6) is 0. The Labute approximate surface area is 76.8 Å². The van der Waals surface area contributed by atoms with E-state index in [0.29, 0.717) is 7.11 Å². The molecule has 1 radical (unpaired) electrons. The SMILES string of the molecule is C[O][Zr]([F])([F])[F].[c]1ccccc1. The molecule has 0 aliphatic carbocycles. The van der Waals surface area contributed by atoms with Crippen LogP contribution < -0.4 is 0 Å². The largest absolute Gasteiger partial charge is 0.0622 e. The van der Waals surface area contributed by atoms with Crippen LogP contribution in [0, 0.1) is 6.07 Å². The second kappa shape index (κ2) is 6.38. The van der Waals surface area contributed by atoms with Gasteiger partial charge in [-0.15, -0.1) is 0 Å². The van der Waals surface area contributed by atoms with Crippen LogP contribution in [0.2, 0.25) is 0 Å². The predicted molar refractivity (Wildman–Crippen MR) is 35.6 cm³/mol. The molecule has 0 amide bonds. The third-order valence-corrected chi connectivity index (χ3v) is 1.98. The Morgan fingerprint density at radius 2 is 1.50 bits per heavy atom. The van der Waals surface area contributed by atoms with Gasteiger partial charge in [0.25, 0.3) is 0 Å². The first kappa shape index (κ1) is 11.9. The minimum absolute atomic E-state index is 0.677. The van der Waals surface area contributed by atoms with Gasteiger partial charge >= 0.3 is 40.3 Å². The molecule has 67 valence electrons. The summed E-state index contributed by atoms with van der Waals surface area (Å²) in [5.41, 5.74) is 0. The van der Waals surface area contributed by atoms with Crippen molar-refractivity contribution in [2.24, 2.45) is 0 Å². The molecule has 0 saturated carbocycles. The van der Waals surface area contributed by atoms with E-state index in [2.05, 4.69) is 8.88 Å². The summed E-state index contributed by atoms with van der Waals surface area (Å²) in [4.78, 5) is 0. The molecule has 1 aromatic carbocycles. The summed E-state index contributed by atoms with van der Waals surface area (Å²) < 4.78 is 35.5. The summed E-state index contributed by atoms with van der Waals surface area (Å²) in [6, 6.07) is 12.5. The number of rotatable bonds is 1. The van der Waals surface area contributed by atoms with Gasteiger partial charge in [0, 0.05) is 0 Å². The molecule has 12 heavy (non-hydrogen) atoms. The van der Waals surface area contributed by atoms with Crippen molar-refractivity contribution in [3.63, 3.8) is 0 Å². The molecule has 0 bridgehead atoms. The number of hydrogen-bond acceptors (Lipinski definition) is 1. The molecule has 0 saturated heterocycles. The summed E-state index contributed by atoms with van der Waals surface area (Å²) >= 11 is -6.23. The zero-order valence-corrected chi connectivity index (χ0v) is 8.89. The van der Waals surface area contributed by atoms with Crippen LogP contribution in [0.3, 0.4) is 0 Å². The molecule has 0 aliphatic rings. The quantitative estimate of drug-likeness (QED) is 0.751. The molecule has 1 rings (SSSR count). The Kier molecular flexibility index (Phi) is 6.30. The van der Waals surface area contributed by atoms with Crippen LogP contribution in [0.15, 0.2) is 30.3 Å². The van der Waals surface area contributed by atoms with E-state index in [-0.39, 0.29) is 0 Å². The fourth-order valence-corrected chi connectivity index (χ4v) is 0.342. The van der Waals surface area contributed by atoms with Crippen LogP contribution >= 0.6 is 0 Å². The van der Waals surface area contributed by atoms with Crippen LogP contribution in [-0.2, 0) is 25.3 Å². The van der Waals surface area contributed by atoms with Crippen molar-refractivity contribution in [2.45, 2.75) is 0 Å². The summed E-state index contributed by atoms with van der Waals surface area (Å²) in [5, 5.41) is 0. The third kappa shape index (κ3) is 9.85. The van der Waals surface area contributed by atoms with Gasteiger partial charge in [0.05, 0.1) is 0 Å². The summed E-state index contributed by atoms with van der Waals surface area (Å²) in [6.45, 7) is 0. The van der Waals surface area contributed by atoms with Gasteiger partial charge in [-0.1, -0.05) is 30.3 Å². The van der Waals surface area contributed by atoms with E-state index in [1.807, 2.05) is 30.3 Å². The van der Waals surface area contributed by atoms with Crippen molar-refractivity contribution in [3.8, 4) is 0 Å². The average Bonchev–Trinajstić information content (AvgIpc) is 2.07. The topological polar surface area (TPSA) is 9.23 Å². The Morgan fingerprint density at radius 3 is 1.58 bits per heavy atom. The van der Waals surface area contributed by atoms with Gasteiger partial charge in [-0.05, 0) is 6.07 Å². The van der Waals surface area contributed by atoms with Gasteiger partial charge in [0.2, 0.25) is 0 Å². The molecule has 0 N–H and O–H groups in total. The van der Waals surface area contributed by atoms with Crippen LogP contribution in [0.25, 0.3) is 0 Å². The van der Waals surface area contributed by atoms with Crippen molar-refractivity contribution in [1.29, 1.82) is 0 Å². The molecule has 0 unspecified atom stereocenters. The maximum absolute atomic E-state index is 10.8. The molecule has 1 nitrogen and oxygen atoms in total. The summed E-state index contributed by atoms with van der Waals surface area (Å²) in [7, 11) is 0.677. The summed E-state index contributed by atoms with van der Waals surface area (Å²) in [6.07, 6.45) is 0. The van der Waals surface area contributed by atoms with Gasteiger partial charge in [-0.3, -0.25) is 0 Å². The van der Waals surface area contributed by atoms with Gasteiger partial charge in [0.15, 0.2) is 0 Å². The average molecular weight is 256 g/mol. The third-order valence-electron chi connectivity index (χ3n) is 0.839. The second-order valence-corrected chi connectivity index (χ2v) is 4.92. The Hall–Kier alpha value is -0.147. The van der Waals surface area contributed by atoms with Crippen molar-refractivity contribution in [2.75, 3.05) is 7.11 Å². The van der Waals surface area contributed by atoms with E-state index in [4.69, 9.17) is 0 Å². The van der Waals surface area contributed by atoms with E-state index in [0.717, 1.165) is 0 Å². The van der Waals surface area contributed by atoms with Gasteiger partial charge < -0.3 is 0 Å². The zero-order valence-electron chi connectivity index (χ0n) is 6.43. The normalized spacial score (nSPS) is 10.0. The maximum atomic E-state index is 10.8. The zero-order chi connectivity index (χ0) is 9.45. The Morgan fingerprint density at radius 1 is 1.08 bits per heavy atom. The standard InChI is InChI=1S/C6H5.CH3O.3FH.Zr/c1-2-4-6-5-3-1;1-2;;;;/h1-5H;1H3;3*1H;/q;-1;;;;+4/p-3. The molecule has 0 fully saturated rings. The van der Waals surface area contributed by atoms with E-state index >= 15 is 0 Å². The van der Waals surface area contributed by atoms with Crippen LogP contribution in [0.4, 0.5) is 7.88 Å². The number of hydrogen-bond donors (Lipinski definition) is 0. The van der Waals surface area contributed by atoms with Crippen molar-refractivity contribution < 1.29 is 33.2 Å². The second-order valence-electron chi connectivity index (χ2n) is 1.73. The predicted octanol–water partition coefficient (Wildman–Crippen LogP) is 2.84. The monoisotopic (exact) mass is 255 g/mol. The van der Waals surface area contributed by atoms with Crippen molar-refractivity contribution >= 4 is 0 Å². The number of halogens is 3. The first-order chi connectivity index (χ1) is 5.56. The molecular formula is C7H8F3OZr. The molecule has 0 aliphatic heterocycles. The van der Waals surface area contributed by atoms with Crippen molar-refractivity contribution in [3.05, 3.63) is 36.4 Å². The molecule has 1 aromatic rings. The van der Waals surface area contributed by atoms with Crippen LogP contribution in [0.5, 0.6) is 0 Å². The Bertz CT molecular complexity index is 161.